The number of anilines is 1. The number of nitro benzene ring substituents is 1. The maximum absolute atomic E-state index is 13.9. The SMILES string of the molecule is COC(=O)c1cc(F)c([N+](=O)[O-])c(NCc2cccnc2)c1. The van der Waals surface area contributed by atoms with Gasteiger partial charge in [-0.2, -0.15) is 4.39 Å². The molecular formula is C14H12FN3O4. The second-order valence-corrected chi connectivity index (χ2v) is 4.32. The van der Waals surface area contributed by atoms with Crippen LogP contribution in [0.5, 0.6) is 0 Å². The quantitative estimate of drug-likeness (QED) is 0.518. The highest BCUT2D eigenvalue weighted by Crippen LogP contribution is 2.30. The minimum absolute atomic E-state index is 0.103. The number of methoxy groups -OCH3 is 1. The maximum Gasteiger partial charge on any atom is 0.338 e. The Kier molecular flexibility index (Phi) is 4.62. The predicted octanol–water partition coefficient (Wildman–Crippen LogP) is 2.53. The van der Waals surface area contributed by atoms with Gasteiger partial charge in [-0.15, -0.1) is 0 Å². The first-order chi connectivity index (χ1) is 10.5. The molecule has 0 spiro atoms. The van der Waals surface area contributed by atoms with Crippen LogP contribution in [0.1, 0.15) is 15.9 Å². The monoisotopic (exact) mass is 305 g/mol. The fourth-order valence-electron chi connectivity index (χ4n) is 1.86. The van der Waals surface area contributed by atoms with Gasteiger partial charge < -0.3 is 10.1 Å². The van der Waals surface area contributed by atoms with E-state index in [1.807, 2.05) is 0 Å². The number of hydrogen-bond acceptors (Lipinski definition) is 6. The van der Waals surface area contributed by atoms with Gasteiger partial charge in [0.15, 0.2) is 0 Å². The number of aromatic nitrogens is 1. The van der Waals surface area contributed by atoms with Crippen molar-refractivity contribution in [2.24, 2.45) is 0 Å². The van der Waals surface area contributed by atoms with E-state index in [9.17, 15) is 19.3 Å². The molecule has 0 saturated heterocycles. The Morgan fingerprint density at radius 1 is 1.50 bits per heavy atom. The van der Waals surface area contributed by atoms with Gasteiger partial charge in [-0.1, -0.05) is 6.07 Å². The number of halogens is 1. The van der Waals surface area contributed by atoms with Gasteiger partial charge in [0.1, 0.15) is 5.69 Å². The van der Waals surface area contributed by atoms with E-state index in [2.05, 4.69) is 15.0 Å². The molecule has 0 aliphatic rings. The van der Waals surface area contributed by atoms with Crippen LogP contribution in [-0.4, -0.2) is 23.0 Å². The van der Waals surface area contributed by atoms with E-state index in [0.717, 1.165) is 18.7 Å². The van der Waals surface area contributed by atoms with Crippen LogP contribution in [0.3, 0.4) is 0 Å². The van der Waals surface area contributed by atoms with Crippen molar-refractivity contribution in [3.05, 3.63) is 63.7 Å². The van der Waals surface area contributed by atoms with E-state index >= 15 is 0 Å². The third-order valence-electron chi connectivity index (χ3n) is 2.87. The molecule has 1 N–H and O–H groups in total. The summed E-state index contributed by atoms with van der Waals surface area (Å²) in [5, 5.41) is 13.7. The lowest BCUT2D eigenvalue weighted by Crippen LogP contribution is -2.08. The molecule has 1 aromatic heterocycles. The van der Waals surface area contributed by atoms with Gasteiger partial charge >= 0.3 is 11.7 Å². The summed E-state index contributed by atoms with van der Waals surface area (Å²) in [4.78, 5) is 25.5. The molecule has 8 heteroatoms. The third kappa shape index (κ3) is 3.35. The summed E-state index contributed by atoms with van der Waals surface area (Å²) in [6.07, 6.45) is 3.16. The maximum atomic E-state index is 13.9. The highest BCUT2D eigenvalue weighted by atomic mass is 19.1. The van der Waals surface area contributed by atoms with Gasteiger partial charge in [-0.3, -0.25) is 15.1 Å². The average molecular weight is 305 g/mol. The number of hydrogen-bond donors (Lipinski definition) is 1. The van der Waals surface area contributed by atoms with Crippen molar-refractivity contribution in [3.8, 4) is 0 Å². The van der Waals surface area contributed by atoms with Crippen molar-refractivity contribution in [1.82, 2.24) is 4.98 Å². The second kappa shape index (κ2) is 6.61. The molecule has 0 amide bonds. The number of rotatable bonds is 5. The minimum atomic E-state index is -1.11. The Balaban J connectivity index is 2.36. The van der Waals surface area contributed by atoms with Crippen LogP contribution in [-0.2, 0) is 11.3 Å². The zero-order valence-electron chi connectivity index (χ0n) is 11.6. The van der Waals surface area contributed by atoms with Crippen molar-refractivity contribution in [2.75, 3.05) is 12.4 Å². The Bertz CT molecular complexity index is 707. The van der Waals surface area contributed by atoms with Gasteiger partial charge in [0, 0.05) is 18.9 Å². The summed E-state index contributed by atoms with van der Waals surface area (Å²) in [5.41, 5.74) is -0.189. The predicted molar refractivity (Wildman–Crippen MR) is 76.0 cm³/mol. The van der Waals surface area contributed by atoms with E-state index < -0.39 is 22.4 Å². The van der Waals surface area contributed by atoms with Gasteiger partial charge in [0.05, 0.1) is 17.6 Å². The number of nitrogens with zero attached hydrogens (tertiary/aromatic N) is 2. The van der Waals surface area contributed by atoms with Crippen molar-refractivity contribution in [2.45, 2.75) is 6.54 Å². The molecule has 0 aliphatic heterocycles. The first kappa shape index (κ1) is 15.4. The molecule has 0 radical (unpaired) electrons. The molecular weight excluding hydrogens is 293 g/mol. The molecule has 0 saturated carbocycles. The van der Waals surface area contributed by atoms with Crippen molar-refractivity contribution in [1.29, 1.82) is 0 Å². The van der Waals surface area contributed by atoms with E-state index in [0.29, 0.717) is 0 Å². The van der Waals surface area contributed by atoms with Crippen molar-refractivity contribution < 1.29 is 18.8 Å². The third-order valence-corrected chi connectivity index (χ3v) is 2.87. The molecule has 1 aromatic carbocycles. The Hall–Kier alpha value is -3.03. The first-order valence-corrected chi connectivity index (χ1v) is 6.22. The molecule has 7 nitrogen and oxygen atoms in total. The highest BCUT2D eigenvalue weighted by molar-refractivity contribution is 5.91. The Morgan fingerprint density at radius 3 is 2.86 bits per heavy atom. The molecule has 0 atom stereocenters. The van der Waals surface area contributed by atoms with Crippen LogP contribution in [0.25, 0.3) is 0 Å². The van der Waals surface area contributed by atoms with Crippen LogP contribution >= 0.6 is 0 Å². The number of carbonyl (C=O) groups is 1. The number of ether oxygens (including phenoxy) is 1. The van der Waals surface area contributed by atoms with Gasteiger partial charge in [-0.25, -0.2) is 4.79 Å². The lowest BCUT2D eigenvalue weighted by atomic mass is 10.1. The lowest BCUT2D eigenvalue weighted by Gasteiger charge is -2.09. The summed E-state index contributed by atoms with van der Waals surface area (Å²) in [6.45, 7) is 0.193. The molecule has 2 rings (SSSR count). The number of pyridine rings is 1. The van der Waals surface area contributed by atoms with Gasteiger partial charge in [0.2, 0.25) is 5.82 Å². The van der Waals surface area contributed by atoms with Crippen molar-refractivity contribution >= 4 is 17.3 Å². The van der Waals surface area contributed by atoms with Crippen LogP contribution in [0.4, 0.5) is 15.8 Å². The first-order valence-electron chi connectivity index (χ1n) is 6.22. The summed E-state index contributed by atoms with van der Waals surface area (Å²) in [7, 11) is 1.14. The van der Waals surface area contributed by atoms with Gasteiger partial charge in [0.25, 0.3) is 0 Å². The number of nitro groups is 1. The summed E-state index contributed by atoms with van der Waals surface area (Å²) < 4.78 is 18.4. The Morgan fingerprint density at radius 2 is 2.27 bits per heavy atom. The molecule has 0 bridgehead atoms. The molecule has 2 aromatic rings. The highest BCUT2D eigenvalue weighted by Gasteiger charge is 2.23. The fourth-order valence-corrected chi connectivity index (χ4v) is 1.86. The van der Waals surface area contributed by atoms with Crippen LogP contribution in [0.2, 0.25) is 0 Å². The number of nitrogens with one attached hydrogen (secondary N) is 1. The summed E-state index contributed by atoms with van der Waals surface area (Å²) >= 11 is 0. The summed E-state index contributed by atoms with van der Waals surface area (Å²) in [5.74, 6) is -1.89. The van der Waals surface area contributed by atoms with E-state index in [4.69, 9.17) is 0 Å². The van der Waals surface area contributed by atoms with E-state index in [1.165, 1.54) is 6.07 Å². The molecule has 0 aliphatic carbocycles. The fraction of sp³-hybridized carbons (Fsp3) is 0.143. The zero-order valence-corrected chi connectivity index (χ0v) is 11.6. The van der Waals surface area contributed by atoms with Crippen LogP contribution in [0.15, 0.2) is 36.7 Å². The van der Waals surface area contributed by atoms with Crippen molar-refractivity contribution in [3.63, 3.8) is 0 Å². The van der Waals surface area contributed by atoms with E-state index in [-0.39, 0.29) is 17.8 Å². The summed E-state index contributed by atoms with van der Waals surface area (Å²) in [6, 6.07) is 5.42. The van der Waals surface area contributed by atoms with Crippen LogP contribution < -0.4 is 5.32 Å². The molecule has 0 fully saturated rings. The molecule has 1 heterocycles. The zero-order chi connectivity index (χ0) is 16.1. The van der Waals surface area contributed by atoms with E-state index in [1.54, 1.807) is 24.5 Å². The standard InChI is InChI=1S/C14H12FN3O4/c1-22-14(19)10-5-11(15)13(18(20)21)12(6-10)17-8-9-3-2-4-16-7-9/h2-7,17H,8H2,1H3. The molecule has 0 unspecified atom stereocenters. The lowest BCUT2D eigenvalue weighted by molar-refractivity contribution is -0.386. The Labute approximate surface area is 124 Å². The number of carbonyl (C=O) groups excluding carboxylic acids is 1. The number of esters is 1. The topological polar surface area (TPSA) is 94.4 Å². The van der Waals surface area contributed by atoms with Crippen LogP contribution in [0, 0.1) is 15.9 Å². The minimum Gasteiger partial charge on any atom is -0.465 e. The molecule has 114 valence electrons. The largest absolute Gasteiger partial charge is 0.465 e. The smallest absolute Gasteiger partial charge is 0.338 e. The number of benzene rings is 1. The average Bonchev–Trinajstić information content (AvgIpc) is 2.52. The van der Waals surface area contributed by atoms with Gasteiger partial charge in [-0.05, 0) is 23.8 Å². The second-order valence-electron chi connectivity index (χ2n) is 4.32. The molecule has 22 heavy (non-hydrogen) atoms. The normalized spacial score (nSPS) is 10.1.